The number of ketones is 1. The van der Waals surface area contributed by atoms with Crippen molar-refractivity contribution in [3.05, 3.63) is 144 Å². The molecule has 0 aliphatic heterocycles. The van der Waals surface area contributed by atoms with E-state index in [-0.39, 0.29) is 5.78 Å². The smallest absolute Gasteiger partial charge is 0.193 e. The molecule has 1 heteroatoms. The number of aryl methyl sites for hydroxylation is 2. The normalized spacial score (nSPS) is 8.44. The molecule has 0 spiro atoms. The van der Waals surface area contributed by atoms with Crippen molar-refractivity contribution in [2.45, 2.75) is 41.5 Å². The Bertz CT molecular complexity index is 836. The summed E-state index contributed by atoms with van der Waals surface area (Å²) in [5.74, 6) is 0.0752. The van der Waals surface area contributed by atoms with Crippen molar-refractivity contribution < 1.29 is 4.79 Å². The van der Waals surface area contributed by atoms with Crippen LogP contribution in [0.25, 0.3) is 0 Å². The molecule has 4 aromatic carbocycles. The van der Waals surface area contributed by atoms with Crippen molar-refractivity contribution in [2.24, 2.45) is 0 Å². The lowest BCUT2D eigenvalue weighted by Crippen LogP contribution is -1.99. The number of rotatable bonds is 2. The van der Waals surface area contributed by atoms with Crippen LogP contribution in [0.15, 0.2) is 121 Å². The molecule has 0 unspecified atom stereocenters. The van der Waals surface area contributed by atoms with Gasteiger partial charge in [0.05, 0.1) is 0 Å². The largest absolute Gasteiger partial charge is 0.289 e. The van der Waals surface area contributed by atoms with E-state index in [2.05, 4.69) is 38.1 Å². The Kier molecular flexibility index (Phi) is 17.4. The van der Waals surface area contributed by atoms with Crippen LogP contribution in [-0.4, -0.2) is 5.78 Å². The Morgan fingerprint density at radius 1 is 0.406 bits per heavy atom. The quantitative estimate of drug-likeness (QED) is 0.292. The molecule has 0 aliphatic carbocycles. The molecule has 0 atom stereocenters. The number of carbonyl (C=O) groups is 1. The van der Waals surface area contributed by atoms with Gasteiger partial charge >= 0.3 is 0 Å². The molecule has 0 aromatic heterocycles. The standard InChI is InChI=1S/C13H10O.2C7H8.2C2H6/c14-13(11-7-3-1-4-8-11)12-9-5-2-6-10-12;2*1-7-5-3-2-4-6-7;2*1-2/h1-10H;2*2-6H,1H3;2*1-2H3. The molecule has 168 valence electrons. The third-order valence-corrected chi connectivity index (χ3v) is 3.95. The average molecular weight is 427 g/mol. The minimum Gasteiger partial charge on any atom is -0.289 e. The van der Waals surface area contributed by atoms with Gasteiger partial charge in [-0.15, -0.1) is 0 Å². The molecule has 0 amide bonds. The zero-order valence-corrected chi connectivity index (χ0v) is 20.5. The van der Waals surface area contributed by atoms with Crippen LogP contribution in [0.1, 0.15) is 54.7 Å². The summed E-state index contributed by atoms with van der Waals surface area (Å²) in [5.41, 5.74) is 4.11. The third-order valence-electron chi connectivity index (χ3n) is 3.95. The summed E-state index contributed by atoms with van der Waals surface area (Å²) < 4.78 is 0. The first-order valence-electron chi connectivity index (χ1n) is 11.3. The van der Waals surface area contributed by atoms with Crippen molar-refractivity contribution in [2.75, 3.05) is 0 Å². The van der Waals surface area contributed by atoms with Gasteiger partial charge in [-0.1, -0.05) is 160 Å². The summed E-state index contributed by atoms with van der Waals surface area (Å²) in [7, 11) is 0. The minimum absolute atomic E-state index is 0.0752. The second-order valence-corrected chi connectivity index (χ2v) is 6.37. The molecular weight excluding hydrogens is 388 g/mol. The average Bonchev–Trinajstić information content (AvgIpc) is 2.89. The molecule has 1 nitrogen and oxygen atoms in total. The molecular formula is C31H38O. The highest BCUT2D eigenvalue weighted by Crippen LogP contribution is 2.08. The summed E-state index contributed by atoms with van der Waals surface area (Å²) in [6.07, 6.45) is 0. The number of hydrogen-bond acceptors (Lipinski definition) is 1. The summed E-state index contributed by atoms with van der Waals surface area (Å²) in [6.45, 7) is 12.2. The van der Waals surface area contributed by atoms with Gasteiger partial charge in [0.25, 0.3) is 0 Å². The zero-order valence-electron chi connectivity index (χ0n) is 20.5. The Hall–Kier alpha value is -3.45. The van der Waals surface area contributed by atoms with Gasteiger partial charge in [-0.25, -0.2) is 0 Å². The molecule has 0 saturated heterocycles. The van der Waals surface area contributed by atoms with Crippen LogP contribution in [-0.2, 0) is 0 Å². The number of carbonyl (C=O) groups excluding carboxylic acids is 1. The lowest BCUT2D eigenvalue weighted by Gasteiger charge is -1.99. The predicted molar refractivity (Wildman–Crippen MR) is 141 cm³/mol. The minimum atomic E-state index is 0.0752. The fourth-order valence-electron chi connectivity index (χ4n) is 2.41. The fraction of sp³-hybridized carbons (Fsp3) is 0.194. The van der Waals surface area contributed by atoms with E-state index in [4.69, 9.17) is 0 Å². The van der Waals surface area contributed by atoms with Crippen molar-refractivity contribution in [1.82, 2.24) is 0 Å². The first-order valence-corrected chi connectivity index (χ1v) is 11.3. The molecule has 32 heavy (non-hydrogen) atoms. The van der Waals surface area contributed by atoms with Gasteiger partial charge in [0, 0.05) is 11.1 Å². The van der Waals surface area contributed by atoms with E-state index in [1.54, 1.807) is 0 Å². The third kappa shape index (κ3) is 13.0. The van der Waals surface area contributed by atoms with Crippen molar-refractivity contribution in [1.29, 1.82) is 0 Å². The first kappa shape index (κ1) is 28.5. The SMILES string of the molecule is CC.CC.Cc1ccccc1.Cc1ccccc1.O=C(c1ccccc1)c1ccccc1. The van der Waals surface area contributed by atoms with E-state index in [0.29, 0.717) is 0 Å². The van der Waals surface area contributed by atoms with E-state index < -0.39 is 0 Å². The van der Waals surface area contributed by atoms with Gasteiger partial charge in [-0.05, 0) is 13.8 Å². The summed E-state index contributed by atoms with van der Waals surface area (Å²) in [4.78, 5) is 11.8. The van der Waals surface area contributed by atoms with E-state index in [9.17, 15) is 4.79 Å². The van der Waals surface area contributed by atoms with Gasteiger partial charge < -0.3 is 0 Å². The Labute approximate surface area is 195 Å². The van der Waals surface area contributed by atoms with Crippen molar-refractivity contribution in [3.63, 3.8) is 0 Å². The van der Waals surface area contributed by atoms with Crippen LogP contribution in [0.2, 0.25) is 0 Å². The highest BCUT2D eigenvalue weighted by Gasteiger charge is 2.06. The highest BCUT2D eigenvalue weighted by molar-refractivity contribution is 6.08. The van der Waals surface area contributed by atoms with E-state index in [1.165, 1.54) is 11.1 Å². The van der Waals surface area contributed by atoms with Crippen LogP contribution < -0.4 is 0 Å². The molecule has 4 aromatic rings. The van der Waals surface area contributed by atoms with Crippen LogP contribution in [0.5, 0.6) is 0 Å². The summed E-state index contributed by atoms with van der Waals surface area (Å²) in [6, 6.07) is 39.1. The molecule has 0 N–H and O–H groups in total. The van der Waals surface area contributed by atoms with Crippen molar-refractivity contribution >= 4 is 5.78 Å². The zero-order chi connectivity index (χ0) is 24.0. The van der Waals surface area contributed by atoms with E-state index >= 15 is 0 Å². The topological polar surface area (TPSA) is 17.1 Å². The van der Waals surface area contributed by atoms with Gasteiger partial charge in [-0.3, -0.25) is 4.79 Å². The maximum atomic E-state index is 11.8. The highest BCUT2D eigenvalue weighted by atomic mass is 16.1. The second kappa shape index (κ2) is 19.5. The molecule has 4 rings (SSSR count). The Balaban J connectivity index is 0.000000453. The van der Waals surface area contributed by atoms with Crippen molar-refractivity contribution in [3.8, 4) is 0 Å². The summed E-state index contributed by atoms with van der Waals surface area (Å²) in [5, 5.41) is 0. The molecule has 0 aliphatic rings. The molecule has 0 bridgehead atoms. The van der Waals surface area contributed by atoms with Gasteiger partial charge in [0.2, 0.25) is 0 Å². The van der Waals surface area contributed by atoms with Gasteiger partial charge in [0.15, 0.2) is 5.78 Å². The van der Waals surface area contributed by atoms with Crippen LogP contribution in [0, 0.1) is 13.8 Å². The summed E-state index contributed by atoms with van der Waals surface area (Å²) >= 11 is 0. The monoisotopic (exact) mass is 426 g/mol. The Morgan fingerprint density at radius 3 is 0.812 bits per heavy atom. The van der Waals surface area contributed by atoms with Gasteiger partial charge in [-0.2, -0.15) is 0 Å². The lowest BCUT2D eigenvalue weighted by molar-refractivity contribution is 0.103. The van der Waals surface area contributed by atoms with Gasteiger partial charge in [0.1, 0.15) is 0 Å². The predicted octanol–water partition coefficient (Wildman–Crippen LogP) is 8.96. The molecule has 0 fully saturated rings. The van der Waals surface area contributed by atoms with E-state index in [0.717, 1.165) is 11.1 Å². The van der Waals surface area contributed by atoms with Crippen LogP contribution in [0.4, 0.5) is 0 Å². The van der Waals surface area contributed by atoms with Crippen LogP contribution in [0.3, 0.4) is 0 Å². The fourth-order valence-corrected chi connectivity index (χ4v) is 2.41. The number of benzene rings is 4. The molecule has 0 saturated carbocycles. The molecule has 0 radical (unpaired) electrons. The second-order valence-electron chi connectivity index (χ2n) is 6.37. The maximum absolute atomic E-state index is 11.8. The van der Waals surface area contributed by atoms with Crippen LogP contribution >= 0.6 is 0 Å². The lowest BCUT2D eigenvalue weighted by atomic mass is 10.0. The van der Waals surface area contributed by atoms with E-state index in [1.807, 2.05) is 125 Å². The number of hydrogen-bond donors (Lipinski definition) is 0. The Morgan fingerprint density at radius 2 is 0.625 bits per heavy atom. The first-order chi connectivity index (χ1) is 15.7. The molecule has 0 heterocycles. The maximum Gasteiger partial charge on any atom is 0.193 e.